The van der Waals surface area contributed by atoms with Gasteiger partial charge in [0, 0.05) is 5.46 Å². The normalized spacial score (nSPS) is 9.77. The molecule has 5 nitrogen and oxygen atoms in total. The van der Waals surface area contributed by atoms with E-state index in [0.717, 1.165) is 0 Å². The number of para-hydroxylation sites is 1. The fourth-order valence-corrected chi connectivity index (χ4v) is 0.994. The van der Waals surface area contributed by atoms with Gasteiger partial charge in [-0.1, -0.05) is 18.2 Å². The first-order valence-corrected chi connectivity index (χ1v) is 3.56. The minimum absolute atomic E-state index is 0.398. The molecule has 0 unspecified atom stereocenters. The molecule has 1 rings (SSSR count). The van der Waals surface area contributed by atoms with Gasteiger partial charge in [-0.2, -0.15) is 0 Å². The summed E-state index contributed by atoms with van der Waals surface area (Å²) in [6.45, 7) is 0. The highest BCUT2D eigenvalue weighted by atomic mass is 17.2. The summed E-state index contributed by atoms with van der Waals surface area (Å²) in [6, 6.07) is 6.69. The van der Waals surface area contributed by atoms with E-state index < -0.39 is 7.12 Å². The fraction of sp³-hybridized carbons (Fsp3) is 0.143. The molecular formula is C7H9BO5. The van der Waals surface area contributed by atoms with Crippen molar-refractivity contribution in [3.63, 3.8) is 0 Å². The van der Waals surface area contributed by atoms with Crippen LogP contribution in [-0.2, 0) is 9.61 Å². The third kappa shape index (κ3) is 2.19. The highest BCUT2D eigenvalue weighted by Gasteiger charge is 2.25. The van der Waals surface area contributed by atoms with E-state index in [4.69, 9.17) is 15.3 Å². The molecule has 0 fully saturated rings. The Labute approximate surface area is 75.5 Å². The van der Waals surface area contributed by atoms with E-state index in [1.165, 1.54) is 7.11 Å². The predicted octanol–water partition coefficient (Wildman–Crippen LogP) is 0.370. The molecule has 1 aromatic rings. The summed E-state index contributed by atoms with van der Waals surface area (Å²) in [5, 5.41) is 16.7. The Kier molecular flexibility index (Phi) is 3.72. The van der Waals surface area contributed by atoms with Gasteiger partial charge >= 0.3 is 7.12 Å². The lowest BCUT2D eigenvalue weighted by molar-refractivity contribution is -0.221. The lowest BCUT2D eigenvalue weighted by atomic mass is 9.79. The molecule has 70 valence electrons. The van der Waals surface area contributed by atoms with Gasteiger partial charge in [0.25, 0.3) is 0 Å². The molecule has 0 atom stereocenters. The molecule has 0 amide bonds. The predicted molar refractivity (Wildman–Crippen MR) is 45.8 cm³/mol. The first kappa shape index (κ1) is 10.0. The van der Waals surface area contributed by atoms with E-state index in [0.29, 0.717) is 11.2 Å². The number of hydrogen-bond donors (Lipinski definition) is 2. The summed E-state index contributed by atoms with van der Waals surface area (Å²) < 4.78 is 4.95. The van der Waals surface area contributed by atoms with Gasteiger partial charge in [0.05, 0.1) is 7.11 Å². The van der Waals surface area contributed by atoms with Gasteiger partial charge in [-0.3, -0.25) is 20.1 Å². The van der Waals surface area contributed by atoms with E-state index in [9.17, 15) is 0 Å². The number of hydrogen-bond acceptors (Lipinski definition) is 5. The highest BCUT2D eigenvalue weighted by molar-refractivity contribution is 6.61. The number of rotatable bonds is 4. The average Bonchev–Trinajstić information content (AvgIpc) is 2.20. The molecule has 0 radical (unpaired) electrons. The minimum Gasteiger partial charge on any atom is -0.497 e. The van der Waals surface area contributed by atoms with Crippen LogP contribution in [0.1, 0.15) is 0 Å². The topological polar surface area (TPSA) is 68.2 Å². The molecule has 0 saturated heterocycles. The van der Waals surface area contributed by atoms with Crippen LogP contribution in [0.2, 0.25) is 0 Å². The summed E-state index contributed by atoms with van der Waals surface area (Å²) >= 11 is 0. The largest absolute Gasteiger partial charge is 0.557 e. The van der Waals surface area contributed by atoms with Gasteiger partial charge in [-0.05, 0) is 6.07 Å². The third-order valence-electron chi connectivity index (χ3n) is 1.58. The molecule has 0 heterocycles. The SMILES string of the molecule is COc1ccccc1B(OO)OO. The van der Waals surface area contributed by atoms with E-state index in [2.05, 4.69) is 9.61 Å². The summed E-state index contributed by atoms with van der Waals surface area (Å²) in [5.74, 6) is 0.454. The van der Waals surface area contributed by atoms with E-state index in [1.54, 1.807) is 24.3 Å². The van der Waals surface area contributed by atoms with Gasteiger partial charge in [-0.15, -0.1) is 0 Å². The Hall–Kier alpha value is -1.08. The molecule has 0 saturated carbocycles. The van der Waals surface area contributed by atoms with Crippen LogP contribution in [0.3, 0.4) is 0 Å². The van der Waals surface area contributed by atoms with Crippen molar-refractivity contribution in [2.75, 3.05) is 7.11 Å². The second-order valence-electron chi connectivity index (χ2n) is 2.28. The maximum atomic E-state index is 8.36. The lowest BCUT2D eigenvalue weighted by Crippen LogP contribution is -2.36. The Morgan fingerprint density at radius 3 is 2.31 bits per heavy atom. The summed E-state index contributed by atoms with van der Waals surface area (Å²) in [4.78, 5) is 7.75. The van der Waals surface area contributed by atoms with Crippen molar-refractivity contribution in [3.05, 3.63) is 24.3 Å². The van der Waals surface area contributed by atoms with Crippen LogP contribution in [0.25, 0.3) is 0 Å². The van der Waals surface area contributed by atoms with Crippen molar-refractivity contribution in [1.29, 1.82) is 0 Å². The third-order valence-corrected chi connectivity index (χ3v) is 1.58. The van der Waals surface area contributed by atoms with E-state index in [-0.39, 0.29) is 0 Å². The Morgan fingerprint density at radius 2 is 1.77 bits per heavy atom. The molecule has 0 aliphatic heterocycles. The molecule has 0 spiro atoms. The van der Waals surface area contributed by atoms with Gasteiger partial charge in [-0.25, -0.2) is 0 Å². The van der Waals surface area contributed by atoms with Gasteiger partial charge in [0.15, 0.2) is 0 Å². The zero-order chi connectivity index (χ0) is 9.68. The van der Waals surface area contributed by atoms with Crippen molar-refractivity contribution in [2.24, 2.45) is 0 Å². The molecule has 0 bridgehead atoms. The van der Waals surface area contributed by atoms with Crippen molar-refractivity contribution >= 4 is 12.6 Å². The summed E-state index contributed by atoms with van der Waals surface area (Å²) in [6.07, 6.45) is 0. The lowest BCUT2D eigenvalue weighted by Gasteiger charge is -2.09. The standard InChI is InChI=1S/C7H9BO5/c1-11-7-5-3-2-4-6(7)8(12-9)13-10/h2-5,9-10H,1H3. The second-order valence-corrected chi connectivity index (χ2v) is 2.28. The number of ether oxygens (including phenoxy) is 1. The average molecular weight is 184 g/mol. The van der Waals surface area contributed by atoms with Gasteiger partial charge in [0.1, 0.15) is 5.75 Å². The first-order valence-electron chi connectivity index (χ1n) is 3.56. The highest BCUT2D eigenvalue weighted by Crippen LogP contribution is 2.07. The molecule has 1 aromatic carbocycles. The molecule has 6 heteroatoms. The van der Waals surface area contributed by atoms with Gasteiger partial charge in [0.2, 0.25) is 0 Å². The molecule has 13 heavy (non-hydrogen) atoms. The maximum absolute atomic E-state index is 8.36. The van der Waals surface area contributed by atoms with Crippen molar-refractivity contribution in [3.8, 4) is 5.75 Å². The molecule has 0 aromatic heterocycles. The van der Waals surface area contributed by atoms with E-state index in [1.807, 2.05) is 0 Å². The Bertz CT molecular complexity index is 263. The van der Waals surface area contributed by atoms with Crippen LogP contribution < -0.4 is 10.2 Å². The minimum atomic E-state index is -1.25. The van der Waals surface area contributed by atoms with E-state index >= 15 is 0 Å². The van der Waals surface area contributed by atoms with Crippen molar-refractivity contribution in [1.82, 2.24) is 0 Å². The van der Waals surface area contributed by atoms with Crippen LogP contribution in [0.5, 0.6) is 5.75 Å². The quantitative estimate of drug-likeness (QED) is 0.401. The molecule has 0 aliphatic carbocycles. The monoisotopic (exact) mass is 184 g/mol. The maximum Gasteiger partial charge on any atom is 0.557 e. The Balaban J connectivity index is 2.96. The summed E-state index contributed by atoms with van der Waals surface area (Å²) in [7, 11) is 0.209. The fourth-order valence-electron chi connectivity index (χ4n) is 0.994. The number of benzene rings is 1. The van der Waals surface area contributed by atoms with Crippen LogP contribution in [-0.4, -0.2) is 24.7 Å². The Morgan fingerprint density at radius 1 is 1.15 bits per heavy atom. The molecule has 2 N–H and O–H groups in total. The van der Waals surface area contributed by atoms with Crippen molar-refractivity contribution in [2.45, 2.75) is 0 Å². The zero-order valence-corrected chi connectivity index (χ0v) is 7.01. The first-order chi connectivity index (χ1) is 6.33. The van der Waals surface area contributed by atoms with Gasteiger partial charge < -0.3 is 4.74 Å². The molecular weight excluding hydrogens is 175 g/mol. The molecule has 0 aliphatic rings. The second kappa shape index (κ2) is 4.83. The van der Waals surface area contributed by atoms with Crippen LogP contribution in [0.4, 0.5) is 0 Å². The smallest absolute Gasteiger partial charge is 0.497 e. The zero-order valence-electron chi connectivity index (χ0n) is 7.01. The van der Waals surface area contributed by atoms with Crippen LogP contribution >= 0.6 is 0 Å². The van der Waals surface area contributed by atoms with Crippen LogP contribution in [0.15, 0.2) is 24.3 Å². The summed E-state index contributed by atoms with van der Waals surface area (Å²) in [5.41, 5.74) is 0.398. The number of methoxy groups -OCH3 is 1. The van der Waals surface area contributed by atoms with Crippen molar-refractivity contribution < 1.29 is 24.9 Å². The van der Waals surface area contributed by atoms with Crippen LogP contribution in [0, 0.1) is 0 Å².